The zero-order valence-electron chi connectivity index (χ0n) is 8.73. The van der Waals surface area contributed by atoms with Crippen molar-refractivity contribution in [2.45, 2.75) is 0 Å². The van der Waals surface area contributed by atoms with E-state index in [4.69, 9.17) is 26.4 Å². The third-order valence-corrected chi connectivity index (χ3v) is 2.41. The van der Waals surface area contributed by atoms with Gasteiger partial charge in [0.2, 0.25) is 5.75 Å². The van der Waals surface area contributed by atoms with Crippen molar-refractivity contribution in [2.24, 2.45) is 0 Å². The molecule has 0 saturated heterocycles. The van der Waals surface area contributed by atoms with E-state index in [-0.39, 0.29) is 0 Å². The van der Waals surface area contributed by atoms with Gasteiger partial charge in [0.25, 0.3) is 0 Å². The fraction of sp³-hybridized carbons (Fsp3) is 0.300. The molecule has 82 valence electrons. The number of hydrogen-bond donors (Lipinski definition) is 1. The summed E-state index contributed by atoms with van der Waals surface area (Å²) in [5, 5.41) is 0. The fourth-order valence-electron chi connectivity index (χ4n) is 1.20. The zero-order chi connectivity index (χ0) is 11.4. The Bertz CT molecular complexity index is 352. The summed E-state index contributed by atoms with van der Waals surface area (Å²) in [4.78, 5) is 0. The van der Waals surface area contributed by atoms with Crippen LogP contribution in [0.1, 0.15) is 5.56 Å². The van der Waals surface area contributed by atoms with Crippen LogP contribution in [0.3, 0.4) is 0 Å². The number of methoxy groups -OCH3 is 3. The smallest absolute Gasteiger partial charge is 0.203 e. The van der Waals surface area contributed by atoms with Gasteiger partial charge >= 0.3 is 0 Å². The Kier molecular flexibility index (Phi) is 4.23. The van der Waals surface area contributed by atoms with Crippen LogP contribution in [0.15, 0.2) is 12.1 Å². The number of rotatable bonds is 4. The largest absolute Gasteiger partial charge is 0.493 e. The maximum Gasteiger partial charge on any atom is 0.203 e. The minimum absolute atomic E-state index is 0.481. The third kappa shape index (κ3) is 2.54. The van der Waals surface area contributed by atoms with Crippen molar-refractivity contribution >= 4 is 29.0 Å². The molecule has 0 N–H and O–H groups in total. The molecule has 0 aliphatic heterocycles. The fourth-order valence-corrected chi connectivity index (χ4v) is 1.45. The van der Waals surface area contributed by atoms with Crippen molar-refractivity contribution in [2.75, 3.05) is 21.3 Å². The van der Waals surface area contributed by atoms with Gasteiger partial charge in [0.05, 0.1) is 25.5 Å². The van der Waals surface area contributed by atoms with Gasteiger partial charge in [-0.1, -0.05) is 12.2 Å². The molecule has 15 heavy (non-hydrogen) atoms. The molecule has 0 bridgehead atoms. The molecule has 0 fully saturated rings. The Morgan fingerprint density at radius 1 is 1.07 bits per heavy atom. The van der Waals surface area contributed by atoms with Crippen LogP contribution in [0.5, 0.6) is 17.2 Å². The van der Waals surface area contributed by atoms with Crippen molar-refractivity contribution in [3.63, 3.8) is 0 Å². The molecular weight excluding hydrogens is 232 g/mol. The monoisotopic (exact) mass is 244 g/mol. The van der Waals surface area contributed by atoms with Crippen molar-refractivity contribution < 1.29 is 14.2 Å². The summed E-state index contributed by atoms with van der Waals surface area (Å²) >= 11 is 9.07. The van der Waals surface area contributed by atoms with Crippen molar-refractivity contribution in [3.05, 3.63) is 17.7 Å². The zero-order valence-corrected chi connectivity index (χ0v) is 10.4. The standard InChI is InChI=1S/C10H12O3S2/c1-11-7-4-6(10(14)15)5-8(12-2)9(7)13-3/h4-5H,1-3H3,(H,14,15). The second-order valence-corrected chi connectivity index (χ2v) is 3.88. The molecule has 0 aliphatic carbocycles. The topological polar surface area (TPSA) is 27.7 Å². The number of hydrogen-bond acceptors (Lipinski definition) is 4. The highest BCUT2D eigenvalue weighted by molar-refractivity contribution is 8.11. The van der Waals surface area contributed by atoms with Crippen LogP contribution in [0, 0.1) is 0 Å². The van der Waals surface area contributed by atoms with E-state index in [1.807, 2.05) is 0 Å². The lowest BCUT2D eigenvalue weighted by Crippen LogP contribution is -1.98. The molecule has 0 unspecified atom stereocenters. The molecular formula is C10H12O3S2. The van der Waals surface area contributed by atoms with Crippen LogP contribution in [-0.4, -0.2) is 25.5 Å². The first kappa shape index (κ1) is 12.1. The highest BCUT2D eigenvalue weighted by atomic mass is 32.1. The van der Waals surface area contributed by atoms with Crippen LogP contribution in [-0.2, 0) is 0 Å². The lowest BCUT2D eigenvalue weighted by molar-refractivity contribution is 0.324. The molecule has 0 amide bonds. The molecule has 0 saturated carbocycles. The highest BCUT2D eigenvalue weighted by Gasteiger charge is 2.13. The second kappa shape index (κ2) is 5.23. The van der Waals surface area contributed by atoms with E-state index in [0.29, 0.717) is 21.4 Å². The Morgan fingerprint density at radius 3 is 1.80 bits per heavy atom. The third-order valence-electron chi connectivity index (χ3n) is 1.91. The Morgan fingerprint density at radius 2 is 1.53 bits per heavy atom. The molecule has 0 aliphatic rings. The van der Waals surface area contributed by atoms with Crippen LogP contribution in [0.2, 0.25) is 0 Å². The van der Waals surface area contributed by atoms with E-state index < -0.39 is 0 Å². The number of benzene rings is 1. The molecule has 0 atom stereocenters. The molecule has 1 aromatic rings. The molecule has 0 radical (unpaired) electrons. The summed E-state index contributed by atoms with van der Waals surface area (Å²) in [5.74, 6) is 1.69. The first-order valence-electron chi connectivity index (χ1n) is 4.17. The van der Waals surface area contributed by atoms with E-state index in [2.05, 4.69) is 12.6 Å². The summed E-state index contributed by atoms with van der Waals surface area (Å²) in [7, 11) is 4.67. The van der Waals surface area contributed by atoms with Crippen molar-refractivity contribution in [1.29, 1.82) is 0 Å². The van der Waals surface area contributed by atoms with Crippen LogP contribution in [0.25, 0.3) is 0 Å². The van der Waals surface area contributed by atoms with Gasteiger partial charge in [0.15, 0.2) is 11.5 Å². The lowest BCUT2D eigenvalue weighted by atomic mass is 10.2. The van der Waals surface area contributed by atoms with E-state index >= 15 is 0 Å². The Hall–Kier alpha value is -0.940. The average molecular weight is 244 g/mol. The minimum Gasteiger partial charge on any atom is -0.493 e. The summed E-state index contributed by atoms with van der Waals surface area (Å²) < 4.78 is 16.0. The van der Waals surface area contributed by atoms with Crippen LogP contribution in [0.4, 0.5) is 0 Å². The maximum atomic E-state index is 5.17. The quantitative estimate of drug-likeness (QED) is 0.650. The molecule has 0 aromatic heterocycles. The first-order valence-corrected chi connectivity index (χ1v) is 5.03. The van der Waals surface area contributed by atoms with Crippen molar-refractivity contribution in [1.82, 2.24) is 0 Å². The molecule has 0 heterocycles. The van der Waals surface area contributed by atoms with E-state index in [1.54, 1.807) is 33.5 Å². The van der Waals surface area contributed by atoms with Crippen molar-refractivity contribution in [3.8, 4) is 17.2 Å². The number of thiocarbonyl (C=S) groups is 1. The minimum atomic E-state index is 0.481. The average Bonchev–Trinajstić information content (AvgIpc) is 2.26. The summed E-state index contributed by atoms with van der Waals surface area (Å²) in [6.45, 7) is 0. The SMILES string of the molecule is COc1cc(C(=S)S)cc(OC)c1OC. The van der Waals surface area contributed by atoms with Gasteiger partial charge < -0.3 is 14.2 Å². The van der Waals surface area contributed by atoms with Gasteiger partial charge in [0.1, 0.15) is 0 Å². The molecule has 1 aromatic carbocycles. The summed E-state index contributed by atoms with van der Waals surface area (Å²) in [6.07, 6.45) is 0. The van der Waals surface area contributed by atoms with Crippen LogP contribution < -0.4 is 14.2 Å². The number of ether oxygens (including phenoxy) is 3. The predicted octanol–water partition coefficient (Wildman–Crippen LogP) is 2.32. The normalized spacial score (nSPS) is 9.60. The Labute approximate surface area is 99.7 Å². The van der Waals surface area contributed by atoms with Gasteiger partial charge in [-0.25, -0.2) is 0 Å². The highest BCUT2D eigenvalue weighted by Crippen LogP contribution is 2.38. The second-order valence-electron chi connectivity index (χ2n) is 2.72. The Balaban J connectivity index is 3.35. The van der Waals surface area contributed by atoms with Crippen LogP contribution >= 0.6 is 24.8 Å². The maximum absolute atomic E-state index is 5.17. The van der Waals surface area contributed by atoms with Gasteiger partial charge in [0, 0.05) is 5.56 Å². The number of thiol groups is 1. The van der Waals surface area contributed by atoms with E-state index in [1.165, 1.54) is 0 Å². The molecule has 1 rings (SSSR count). The molecule has 3 nitrogen and oxygen atoms in total. The van der Waals surface area contributed by atoms with Gasteiger partial charge in [-0.2, -0.15) is 0 Å². The first-order chi connectivity index (χ1) is 7.13. The van der Waals surface area contributed by atoms with Gasteiger partial charge in [-0.05, 0) is 12.1 Å². The molecule has 0 spiro atoms. The lowest BCUT2D eigenvalue weighted by Gasteiger charge is -2.13. The van der Waals surface area contributed by atoms with E-state index in [0.717, 1.165) is 5.56 Å². The predicted molar refractivity (Wildman–Crippen MR) is 66.8 cm³/mol. The van der Waals surface area contributed by atoms with Gasteiger partial charge in [-0.15, -0.1) is 12.6 Å². The summed E-state index contributed by atoms with van der Waals surface area (Å²) in [6, 6.07) is 3.52. The van der Waals surface area contributed by atoms with E-state index in [9.17, 15) is 0 Å². The summed E-state index contributed by atoms with van der Waals surface area (Å²) in [5.41, 5.74) is 0.767. The van der Waals surface area contributed by atoms with Gasteiger partial charge in [-0.3, -0.25) is 0 Å². The molecule has 5 heteroatoms.